The summed E-state index contributed by atoms with van der Waals surface area (Å²) in [5, 5.41) is 7.00. The maximum absolute atomic E-state index is 4.70. The Kier molecular flexibility index (Phi) is 5.14. The molecule has 0 aliphatic carbocycles. The zero-order chi connectivity index (χ0) is 13.1. The Morgan fingerprint density at radius 3 is 2.41 bits per heavy atom. The first-order chi connectivity index (χ1) is 7.84. The Bertz CT molecular complexity index is 336. The second-order valence-electron chi connectivity index (χ2n) is 6.03. The number of nitrogens with zero attached hydrogens (tertiary/aromatic N) is 1. The monoisotopic (exact) mass is 254 g/mol. The van der Waals surface area contributed by atoms with Gasteiger partial charge in [-0.05, 0) is 12.3 Å². The van der Waals surface area contributed by atoms with E-state index in [1.165, 1.54) is 17.1 Å². The minimum Gasteiger partial charge on any atom is -0.308 e. The highest BCUT2D eigenvalue weighted by Crippen LogP contribution is 2.25. The number of hydrogen-bond donors (Lipinski definition) is 1. The predicted octanol–water partition coefficient (Wildman–Crippen LogP) is 3.96. The average molecular weight is 254 g/mol. The fourth-order valence-corrected chi connectivity index (χ4v) is 2.73. The molecule has 0 amide bonds. The van der Waals surface area contributed by atoms with Gasteiger partial charge in [0.15, 0.2) is 0 Å². The van der Waals surface area contributed by atoms with E-state index in [0.29, 0.717) is 12.0 Å². The third-order valence-corrected chi connectivity index (χ3v) is 4.30. The van der Waals surface area contributed by atoms with Crippen LogP contribution in [-0.2, 0) is 12.0 Å². The lowest BCUT2D eigenvalue weighted by Crippen LogP contribution is -2.32. The molecule has 0 spiro atoms. The molecule has 0 aromatic carbocycles. The van der Waals surface area contributed by atoms with Gasteiger partial charge >= 0.3 is 0 Å². The van der Waals surface area contributed by atoms with E-state index in [2.05, 4.69) is 52.2 Å². The highest BCUT2D eigenvalue weighted by atomic mass is 32.1. The molecule has 17 heavy (non-hydrogen) atoms. The van der Waals surface area contributed by atoms with Gasteiger partial charge in [0.25, 0.3) is 0 Å². The molecule has 0 bridgehead atoms. The summed E-state index contributed by atoms with van der Waals surface area (Å²) < 4.78 is 0. The van der Waals surface area contributed by atoms with Crippen LogP contribution >= 0.6 is 11.3 Å². The minimum atomic E-state index is 0.172. The van der Waals surface area contributed by atoms with Gasteiger partial charge < -0.3 is 5.32 Å². The van der Waals surface area contributed by atoms with Crippen molar-refractivity contribution in [2.45, 2.75) is 66.0 Å². The largest absolute Gasteiger partial charge is 0.308 e. The van der Waals surface area contributed by atoms with Gasteiger partial charge in [-0.1, -0.05) is 41.5 Å². The molecular weight excluding hydrogens is 228 g/mol. The smallest absolute Gasteiger partial charge is 0.0982 e. The average Bonchev–Trinajstić information content (AvgIpc) is 2.66. The zero-order valence-corrected chi connectivity index (χ0v) is 12.8. The van der Waals surface area contributed by atoms with Crippen LogP contribution in [0.2, 0.25) is 0 Å². The molecule has 1 atom stereocenters. The topological polar surface area (TPSA) is 24.9 Å². The molecule has 0 saturated heterocycles. The van der Waals surface area contributed by atoms with E-state index >= 15 is 0 Å². The van der Waals surface area contributed by atoms with E-state index < -0.39 is 0 Å². The van der Waals surface area contributed by atoms with Gasteiger partial charge in [-0.3, -0.25) is 0 Å². The Hall–Kier alpha value is -0.410. The zero-order valence-electron chi connectivity index (χ0n) is 12.0. The van der Waals surface area contributed by atoms with Gasteiger partial charge in [-0.2, -0.15) is 0 Å². The molecule has 1 aromatic rings. The number of hydrogen-bond acceptors (Lipinski definition) is 3. The van der Waals surface area contributed by atoms with Gasteiger partial charge in [0.2, 0.25) is 0 Å². The third-order valence-electron chi connectivity index (χ3n) is 2.98. The first-order valence-corrected chi connectivity index (χ1v) is 7.40. The maximum atomic E-state index is 4.70. The van der Waals surface area contributed by atoms with Crippen LogP contribution in [0.4, 0.5) is 0 Å². The van der Waals surface area contributed by atoms with Crippen LogP contribution in [0.15, 0.2) is 5.38 Å². The second-order valence-corrected chi connectivity index (χ2v) is 6.89. The molecule has 0 fully saturated rings. The van der Waals surface area contributed by atoms with Crippen LogP contribution < -0.4 is 5.32 Å². The molecule has 0 saturated carbocycles. The number of nitrogens with one attached hydrogen (secondary N) is 1. The fraction of sp³-hybridized carbons (Fsp3) is 0.786. The number of rotatable bonds is 5. The highest BCUT2D eigenvalue weighted by molar-refractivity contribution is 7.09. The molecular formula is C14H26N2S. The summed E-state index contributed by atoms with van der Waals surface area (Å²) in [6.45, 7) is 14.3. The Morgan fingerprint density at radius 1 is 1.35 bits per heavy atom. The summed E-state index contributed by atoms with van der Waals surface area (Å²) in [6.07, 6.45) is 1.17. The van der Waals surface area contributed by atoms with E-state index in [0.717, 1.165) is 6.54 Å². The molecule has 1 rings (SSSR count). The lowest BCUT2D eigenvalue weighted by Gasteiger charge is -2.20. The van der Waals surface area contributed by atoms with Crippen molar-refractivity contribution in [3.63, 3.8) is 0 Å². The highest BCUT2D eigenvalue weighted by Gasteiger charge is 2.18. The molecule has 98 valence electrons. The van der Waals surface area contributed by atoms with Crippen molar-refractivity contribution >= 4 is 11.3 Å². The van der Waals surface area contributed by atoms with Crippen LogP contribution in [0.5, 0.6) is 0 Å². The van der Waals surface area contributed by atoms with Gasteiger partial charge in [0, 0.05) is 23.4 Å². The van der Waals surface area contributed by atoms with Gasteiger partial charge in [-0.25, -0.2) is 4.98 Å². The minimum absolute atomic E-state index is 0.172. The van der Waals surface area contributed by atoms with Gasteiger partial charge in [-0.15, -0.1) is 11.3 Å². The fourth-order valence-electron chi connectivity index (χ4n) is 1.82. The molecule has 2 nitrogen and oxygen atoms in total. The summed E-state index contributed by atoms with van der Waals surface area (Å²) in [5.41, 5.74) is 1.35. The van der Waals surface area contributed by atoms with Crippen molar-refractivity contribution < 1.29 is 0 Å². The van der Waals surface area contributed by atoms with Crippen molar-refractivity contribution in [1.29, 1.82) is 0 Å². The van der Waals surface area contributed by atoms with Crippen LogP contribution in [0.3, 0.4) is 0 Å². The summed E-state index contributed by atoms with van der Waals surface area (Å²) in [6, 6.07) is 0.592. The summed E-state index contributed by atoms with van der Waals surface area (Å²) in [4.78, 5) is 4.70. The lowest BCUT2D eigenvalue weighted by atomic mass is 9.98. The predicted molar refractivity (Wildman–Crippen MR) is 76.6 cm³/mol. The molecule has 0 aliphatic rings. The molecule has 1 unspecified atom stereocenters. The maximum Gasteiger partial charge on any atom is 0.0982 e. The molecule has 1 N–H and O–H groups in total. The quantitative estimate of drug-likeness (QED) is 0.860. The molecule has 0 radical (unpaired) electrons. The second kappa shape index (κ2) is 5.96. The number of aromatic nitrogens is 1. The van der Waals surface area contributed by atoms with Crippen molar-refractivity contribution in [3.05, 3.63) is 16.1 Å². The van der Waals surface area contributed by atoms with Crippen molar-refractivity contribution in [2.24, 2.45) is 5.92 Å². The summed E-state index contributed by atoms with van der Waals surface area (Å²) in [5.74, 6) is 0.681. The van der Waals surface area contributed by atoms with E-state index in [4.69, 9.17) is 4.98 Å². The lowest BCUT2D eigenvalue weighted by molar-refractivity contribution is 0.385. The van der Waals surface area contributed by atoms with Crippen LogP contribution in [0, 0.1) is 5.92 Å². The first-order valence-electron chi connectivity index (χ1n) is 6.52. The third kappa shape index (κ3) is 4.40. The first kappa shape index (κ1) is 14.7. The van der Waals surface area contributed by atoms with E-state index in [-0.39, 0.29) is 5.41 Å². The Morgan fingerprint density at radius 2 is 2.00 bits per heavy atom. The van der Waals surface area contributed by atoms with Crippen LogP contribution in [0.1, 0.15) is 58.7 Å². The molecule has 0 aliphatic heterocycles. The van der Waals surface area contributed by atoms with Crippen LogP contribution in [0.25, 0.3) is 0 Å². The molecule has 1 aromatic heterocycles. The van der Waals surface area contributed by atoms with Crippen molar-refractivity contribution in [3.8, 4) is 0 Å². The molecule has 1 heterocycles. The van der Waals surface area contributed by atoms with Crippen LogP contribution in [-0.4, -0.2) is 11.0 Å². The summed E-state index contributed by atoms with van der Waals surface area (Å²) >= 11 is 1.77. The number of thiazole rings is 1. The van der Waals surface area contributed by atoms with Gasteiger partial charge in [0.1, 0.15) is 0 Å². The normalized spacial score (nSPS) is 14.3. The van der Waals surface area contributed by atoms with Crippen molar-refractivity contribution in [1.82, 2.24) is 10.3 Å². The Labute approximate surface area is 110 Å². The molecule has 3 heteroatoms. The van der Waals surface area contributed by atoms with Gasteiger partial charge in [0.05, 0.1) is 10.7 Å². The SMILES string of the molecule is CCC(NCc1csc(C(C)(C)C)n1)C(C)C. The van der Waals surface area contributed by atoms with E-state index in [1.54, 1.807) is 11.3 Å². The Balaban J connectivity index is 2.56. The van der Waals surface area contributed by atoms with E-state index in [9.17, 15) is 0 Å². The summed E-state index contributed by atoms with van der Waals surface area (Å²) in [7, 11) is 0. The van der Waals surface area contributed by atoms with Crippen molar-refractivity contribution in [2.75, 3.05) is 0 Å². The standard InChI is InChI=1S/C14H26N2S/c1-7-12(10(2)3)15-8-11-9-17-13(16-11)14(4,5)6/h9-10,12,15H,7-8H2,1-6H3. The van der Waals surface area contributed by atoms with E-state index in [1.807, 2.05) is 0 Å².